The minimum Gasteiger partial charge on any atom is -0.334 e. The summed E-state index contributed by atoms with van der Waals surface area (Å²) in [5, 5.41) is 12.2. The highest BCUT2D eigenvalue weighted by molar-refractivity contribution is 7.98. The van der Waals surface area contributed by atoms with Crippen molar-refractivity contribution >= 4 is 23.9 Å². The van der Waals surface area contributed by atoms with E-state index >= 15 is 0 Å². The highest BCUT2D eigenvalue weighted by Crippen LogP contribution is 2.21. The maximum absolute atomic E-state index is 13.5. The smallest absolute Gasteiger partial charge is 0.264 e. The zero-order valence-corrected chi connectivity index (χ0v) is 13.8. The number of nitrogens with two attached hydrogens (primary N) is 1. The van der Waals surface area contributed by atoms with E-state index in [1.165, 1.54) is 40.9 Å². The van der Waals surface area contributed by atoms with E-state index in [2.05, 4.69) is 20.7 Å². The molecule has 0 spiro atoms. The SMILES string of the molecule is Nn1c(N/N=C/c2ccccc2F)nnc1SCc1ccc(F)cc1. The van der Waals surface area contributed by atoms with Crippen LogP contribution in [0.25, 0.3) is 0 Å². The van der Waals surface area contributed by atoms with Crippen LogP contribution in [0.2, 0.25) is 0 Å². The maximum Gasteiger partial charge on any atom is 0.264 e. The van der Waals surface area contributed by atoms with Crippen LogP contribution in [0.1, 0.15) is 11.1 Å². The summed E-state index contributed by atoms with van der Waals surface area (Å²) in [7, 11) is 0. The topological polar surface area (TPSA) is 81.1 Å². The molecule has 0 radical (unpaired) electrons. The number of benzene rings is 2. The first-order chi connectivity index (χ1) is 12.1. The number of hydrazone groups is 1. The number of thioether (sulfide) groups is 1. The van der Waals surface area contributed by atoms with Crippen molar-refractivity contribution in [1.82, 2.24) is 14.9 Å². The molecule has 0 saturated carbocycles. The lowest BCUT2D eigenvalue weighted by Crippen LogP contribution is -2.13. The number of rotatable bonds is 6. The molecule has 2 aromatic carbocycles. The molecule has 0 aliphatic rings. The van der Waals surface area contributed by atoms with Crippen LogP contribution >= 0.6 is 11.8 Å². The Bertz CT molecular complexity index is 879. The summed E-state index contributed by atoms with van der Waals surface area (Å²) in [6.45, 7) is 0. The molecule has 0 aliphatic carbocycles. The van der Waals surface area contributed by atoms with E-state index in [9.17, 15) is 8.78 Å². The summed E-state index contributed by atoms with van der Waals surface area (Å²) < 4.78 is 27.6. The molecule has 0 bridgehead atoms. The molecule has 0 saturated heterocycles. The van der Waals surface area contributed by atoms with E-state index in [0.717, 1.165) is 5.56 Å². The zero-order valence-electron chi connectivity index (χ0n) is 12.9. The van der Waals surface area contributed by atoms with Crippen LogP contribution in [0.3, 0.4) is 0 Å². The van der Waals surface area contributed by atoms with Crippen molar-refractivity contribution in [1.29, 1.82) is 0 Å². The average Bonchev–Trinajstić information content (AvgIpc) is 2.96. The molecule has 3 N–H and O–H groups in total. The Labute approximate surface area is 146 Å². The molecular formula is C16H14F2N6S. The van der Waals surface area contributed by atoms with Crippen molar-refractivity contribution in [2.45, 2.75) is 10.9 Å². The Hall–Kier alpha value is -2.94. The third kappa shape index (κ3) is 4.32. The van der Waals surface area contributed by atoms with Gasteiger partial charge < -0.3 is 5.84 Å². The molecule has 1 aromatic heterocycles. The number of nitrogens with zero attached hydrogens (tertiary/aromatic N) is 4. The standard InChI is InChI=1S/C16H14F2N6S/c17-13-7-5-11(6-8-13)10-25-16-23-22-15(24(16)19)21-20-9-12-3-1-2-4-14(12)18/h1-9H,10,19H2,(H,21,22)/b20-9+. The third-order valence-electron chi connectivity index (χ3n) is 3.22. The van der Waals surface area contributed by atoms with Crippen molar-refractivity contribution in [3.8, 4) is 0 Å². The molecule has 0 atom stereocenters. The molecule has 25 heavy (non-hydrogen) atoms. The predicted octanol–water partition coefficient (Wildman–Crippen LogP) is 3.01. The quantitative estimate of drug-likeness (QED) is 0.306. The van der Waals surface area contributed by atoms with Gasteiger partial charge in [-0.1, -0.05) is 42.1 Å². The van der Waals surface area contributed by atoms with Crippen LogP contribution in [0.15, 0.2) is 58.8 Å². The van der Waals surface area contributed by atoms with Gasteiger partial charge in [-0.05, 0) is 23.8 Å². The average molecular weight is 360 g/mol. The number of hydrogen-bond donors (Lipinski definition) is 2. The Morgan fingerprint density at radius 3 is 2.64 bits per heavy atom. The van der Waals surface area contributed by atoms with Gasteiger partial charge in [-0.2, -0.15) is 5.10 Å². The highest BCUT2D eigenvalue weighted by atomic mass is 32.2. The highest BCUT2D eigenvalue weighted by Gasteiger charge is 2.09. The summed E-state index contributed by atoms with van der Waals surface area (Å²) in [4.78, 5) is 0. The fraction of sp³-hybridized carbons (Fsp3) is 0.0625. The Morgan fingerprint density at radius 1 is 1.12 bits per heavy atom. The molecule has 1 heterocycles. The molecule has 6 nitrogen and oxygen atoms in total. The predicted molar refractivity (Wildman–Crippen MR) is 93.8 cm³/mol. The van der Waals surface area contributed by atoms with E-state index < -0.39 is 0 Å². The lowest BCUT2D eigenvalue weighted by Gasteiger charge is -2.03. The van der Waals surface area contributed by atoms with Crippen LogP contribution in [-0.4, -0.2) is 21.1 Å². The molecule has 9 heteroatoms. The molecule has 0 amide bonds. The number of anilines is 1. The Balaban J connectivity index is 1.61. The van der Waals surface area contributed by atoms with Gasteiger partial charge in [-0.25, -0.2) is 18.9 Å². The number of halogens is 2. The first-order valence-corrected chi connectivity index (χ1v) is 8.23. The van der Waals surface area contributed by atoms with Gasteiger partial charge in [-0.15, -0.1) is 10.2 Å². The van der Waals surface area contributed by atoms with Gasteiger partial charge in [0.05, 0.1) is 6.21 Å². The first kappa shape index (κ1) is 16.9. The molecule has 3 aromatic rings. The number of aromatic nitrogens is 3. The van der Waals surface area contributed by atoms with Gasteiger partial charge in [0, 0.05) is 11.3 Å². The van der Waals surface area contributed by atoms with E-state index in [1.54, 1.807) is 30.3 Å². The second-order valence-corrected chi connectivity index (χ2v) is 5.93. The summed E-state index contributed by atoms with van der Waals surface area (Å²) in [6.07, 6.45) is 1.33. The van der Waals surface area contributed by atoms with Gasteiger partial charge in [0.15, 0.2) is 0 Å². The van der Waals surface area contributed by atoms with Gasteiger partial charge in [0.2, 0.25) is 5.16 Å². The monoisotopic (exact) mass is 360 g/mol. The molecular weight excluding hydrogens is 346 g/mol. The molecule has 0 unspecified atom stereocenters. The van der Waals surface area contributed by atoms with Gasteiger partial charge in [-0.3, -0.25) is 0 Å². The molecule has 0 aliphatic heterocycles. The molecule has 0 fully saturated rings. The zero-order chi connectivity index (χ0) is 17.6. The number of hydrogen-bond acceptors (Lipinski definition) is 6. The second kappa shape index (κ2) is 7.75. The number of nitrogen functional groups attached to an aromatic ring is 1. The molecule has 128 valence electrons. The summed E-state index contributed by atoms with van der Waals surface area (Å²) in [5.74, 6) is 6.02. The van der Waals surface area contributed by atoms with Crippen molar-refractivity contribution < 1.29 is 8.78 Å². The fourth-order valence-electron chi connectivity index (χ4n) is 1.92. The Kier molecular flexibility index (Phi) is 5.24. The van der Waals surface area contributed by atoms with Crippen LogP contribution in [-0.2, 0) is 5.75 Å². The lowest BCUT2D eigenvalue weighted by molar-refractivity contribution is 0.626. The van der Waals surface area contributed by atoms with E-state index in [-0.39, 0.29) is 17.6 Å². The van der Waals surface area contributed by atoms with Gasteiger partial charge in [0.25, 0.3) is 5.95 Å². The van der Waals surface area contributed by atoms with Crippen molar-refractivity contribution in [2.24, 2.45) is 5.10 Å². The summed E-state index contributed by atoms with van der Waals surface area (Å²) >= 11 is 1.35. The van der Waals surface area contributed by atoms with Gasteiger partial charge in [0.1, 0.15) is 11.6 Å². The van der Waals surface area contributed by atoms with Gasteiger partial charge >= 0.3 is 0 Å². The largest absolute Gasteiger partial charge is 0.334 e. The van der Waals surface area contributed by atoms with Crippen molar-refractivity contribution in [3.63, 3.8) is 0 Å². The minimum absolute atomic E-state index is 0.217. The second-order valence-electron chi connectivity index (χ2n) is 4.98. The summed E-state index contributed by atoms with van der Waals surface area (Å²) in [5.41, 5.74) is 3.89. The van der Waals surface area contributed by atoms with Crippen LogP contribution in [0.5, 0.6) is 0 Å². The van der Waals surface area contributed by atoms with Crippen molar-refractivity contribution in [2.75, 3.05) is 11.3 Å². The first-order valence-electron chi connectivity index (χ1n) is 7.25. The van der Waals surface area contributed by atoms with Crippen LogP contribution in [0, 0.1) is 11.6 Å². The van der Waals surface area contributed by atoms with Crippen LogP contribution < -0.4 is 11.3 Å². The van der Waals surface area contributed by atoms with E-state index in [0.29, 0.717) is 16.5 Å². The van der Waals surface area contributed by atoms with E-state index in [4.69, 9.17) is 5.84 Å². The van der Waals surface area contributed by atoms with Crippen LogP contribution in [0.4, 0.5) is 14.7 Å². The lowest BCUT2D eigenvalue weighted by atomic mass is 10.2. The number of nitrogens with one attached hydrogen (secondary N) is 1. The molecule has 3 rings (SSSR count). The minimum atomic E-state index is -0.377. The van der Waals surface area contributed by atoms with E-state index in [1.807, 2.05) is 0 Å². The Morgan fingerprint density at radius 2 is 1.88 bits per heavy atom. The normalized spacial score (nSPS) is 11.1. The summed E-state index contributed by atoms with van der Waals surface area (Å²) in [6, 6.07) is 12.4. The maximum atomic E-state index is 13.5. The third-order valence-corrected chi connectivity index (χ3v) is 4.23. The fourth-order valence-corrected chi connectivity index (χ4v) is 2.73. The van der Waals surface area contributed by atoms with Crippen molar-refractivity contribution in [3.05, 3.63) is 71.3 Å².